The maximum Gasteiger partial charge on any atom is 0.243 e. The zero-order chi connectivity index (χ0) is 27.2. The molecule has 0 saturated carbocycles. The molecule has 4 rings (SSSR count). The van der Waals surface area contributed by atoms with E-state index in [1.165, 1.54) is 0 Å². The molecule has 3 aromatic rings. The van der Waals surface area contributed by atoms with E-state index >= 15 is 0 Å². The fraction of sp³-hybridized carbons (Fsp3) is 0.333. The van der Waals surface area contributed by atoms with Gasteiger partial charge in [0.1, 0.15) is 17.8 Å². The summed E-state index contributed by atoms with van der Waals surface area (Å²) < 4.78 is 0. The molecule has 0 saturated heterocycles. The molecule has 8 nitrogen and oxygen atoms in total. The molecule has 3 aromatic carbocycles. The minimum atomic E-state index is -0.861. The van der Waals surface area contributed by atoms with Crippen LogP contribution in [-0.4, -0.2) is 46.5 Å². The molecular weight excluding hydrogens is 480 g/mol. The van der Waals surface area contributed by atoms with Crippen LogP contribution < -0.4 is 11.1 Å². The minimum Gasteiger partial charge on any atom is -0.508 e. The van der Waals surface area contributed by atoms with Gasteiger partial charge in [-0.15, -0.1) is 0 Å². The van der Waals surface area contributed by atoms with Crippen LogP contribution in [0, 0.1) is 18.8 Å². The minimum absolute atomic E-state index is 0.0787. The van der Waals surface area contributed by atoms with Crippen LogP contribution in [0.15, 0.2) is 71.9 Å². The molecular formula is C30H34N4O4. The normalized spacial score (nSPS) is 16.3. The average Bonchev–Trinajstić information content (AvgIpc) is 2.92. The molecule has 1 aliphatic heterocycles. The molecule has 198 valence electrons. The number of nitrogens with two attached hydrogens (primary N) is 1. The van der Waals surface area contributed by atoms with E-state index in [2.05, 4.69) is 10.5 Å². The van der Waals surface area contributed by atoms with Crippen LogP contribution >= 0.6 is 0 Å². The van der Waals surface area contributed by atoms with Crippen LogP contribution in [0.2, 0.25) is 0 Å². The number of rotatable bonds is 9. The van der Waals surface area contributed by atoms with E-state index in [1.807, 2.05) is 68.4 Å². The van der Waals surface area contributed by atoms with Crippen LogP contribution in [0.4, 0.5) is 0 Å². The number of aryl methyl sites for hydroxylation is 2. The summed E-state index contributed by atoms with van der Waals surface area (Å²) in [6.45, 7) is 4.10. The zero-order valence-electron chi connectivity index (χ0n) is 21.8. The molecule has 2 amide bonds. The van der Waals surface area contributed by atoms with Crippen molar-refractivity contribution in [2.45, 2.75) is 57.8 Å². The monoisotopic (exact) mass is 514 g/mol. The summed E-state index contributed by atoms with van der Waals surface area (Å²) in [5.41, 5.74) is 12.0. The Bertz CT molecular complexity index is 1290. The first kappa shape index (κ1) is 27.0. The fourth-order valence-electron chi connectivity index (χ4n) is 5.17. The van der Waals surface area contributed by atoms with Crippen LogP contribution in [0.3, 0.4) is 0 Å². The second-order valence-corrected chi connectivity index (χ2v) is 10.0. The quantitative estimate of drug-likeness (QED) is 0.378. The summed E-state index contributed by atoms with van der Waals surface area (Å²) in [6.07, 6.45) is 1.06. The topological polar surface area (TPSA) is 125 Å². The Morgan fingerprint density at radius 3 is 2.32 bits per heavy atom. The molecule has 0 bridgehead atoms. The Balaban J connectivity index is 1.50. The van der Waals surface area contributed by atoms with Gasteiger partial charge in [0.05, 0.1) is 6.04 Å². The Morgan fingerprint density at radius 2 is 1.66 bits per heavy atom. The molecule has 0 radical (unpaired) electrons. The summed E-state index contributed by atoms with van der Waals surface area (Å²) in [7, 11) is 0. The van der Waals surface area contributed by atoms with Crippen molar-refractivity contribution in [1.82, 2.24) is 10.2 Å². The summed E-state index contributed by atoms with van der Waals surface area (Å²) in [5, 5.41) is 15.9. The summed E-state index contributed by atoms with van der Waals surface area (Å²) in [6, 6.07) is 18.3. The van der Waals surface area contributed by atoms with Gasteiger partial charge < -0.3 is 21.1 Å². The number of nitrogens with zero attached hydrogens (tertiary/aromatic N) is 2. The van der Waals surface area contributed by atoms with Crippen molar-refractivity contribution in [3.05, 3.63) is 105 Å². The van der Waals surface area contributed by atoms with E-state index in [1.54, 1.807) is 17.0 Å². The van der Waals surface area contributed by atoms with Crippen molar-refractivity contribution in [3.8, 4) is 5.75 Å². The van der Waals surface area contributed by atoms with Crippen molar-refractivity contribution in [3.63, 3.8) is 0 Å². The fourth-order valence-corrected chi connectivity index (χ4v) is 5.17. The second kappa shape index (κ2) is 12.0. The molecule has 1 aliphatic rings. The zero-order valence-corrected chi connectivity index (χ0v) is 21.8. The summed E-state index contributed by atoms with van der Waals surface area (Å²) >= 11 is 0. The van der Waals surface area contributed by atoms with Crippen molar-refractivity contribution in [2.24, 2.45) is 10.9 Å². The van der Waals surface area contributed by atoms with Gasteiger partial charge in [0.25, 0.3) is 0 Å². The van der Waals surface area contributed by atoms with E-state index in [0.717, 1.165) is 33.4 Å². The number of aromatic hydroxyl groups is 1. The predicted octanol–water partition coefficient (Wildman–Crippen LogP) is 3.33. The van der Waals surface area contributed by atoms with Crippen LogP contribution in [0.1, 0.15) is 33.4 Å². The summed E-state index contributed by atoms with van der Waals surface area (Å²) in [4.78, 5) is 40.1. The van der Waals surface area contributed by atoms with Crippen molar-refractivity contribution >= 4 is 11.8 Å². The Labute approximate surface area is 222 Å². The molecule has 1 unspecified atom stereocenters. The highest BCUT2D eigenvalue weighted by Crippen LogP contribution is 2.26. The number of nitroso groups, excluding NO2 is 1. The number of carbonyl (C=O) groups excluding carboxylic acids is 2. The number of hydrogen-bond acceptors (Lipinski definition) is 6. The van der Waals surface area contributed by atoms with Gasteiger partial charge in [-0.3, -0.25) is 9.59 Å². The Hall–Kier alpha value is -4.04. The number of hydrogen-bond donors (Lipinski definition) is 3. The lowest BCUT2D eigenvalue weighted by Crippen LogP contribution is -2.57. The maximum absolute atomic E-state index is 13.7. The number of phenolic OH excluding ortho intramolecular Hbond substituents is 1. The third kappa shape index (κ3) is 6.26. The third-order valence-electron chi connectivity index (χ3n) is 7.23. The van der Waals surface area contributed by atoms with Crippen LogP contribution in [0.5, 0.6) is 5.75 Å². The van der Waals surface area contributed by atoms with Gasteiger partial charge in [-0.25, -0.2) is 0 Å². The molecule has 8 heteroatoms. The Kier molecular flexibility index (Phi) is 8.53. The first-order chi connectivity index (χ1) is 18.3. The highest BCUT2D eigenvalue weighted by molar-refractivity contribution is 5.90. The first-order valence-corrected chi connectivity index (χ1v) is 12.8. The van der Waals surface area contributed by atoms with Gasteiger partial charge >= 0.3 is 0 Å². The highest BCUT2D eigenvalue weighted by atomic mass is 16.3. The third-order valence-corrected chi connectivity index (χ3v) is 7.23. The van der Waals surface area contributed by atoms with Gasteiger partial charge in [0.2, 0.25) is 11.8 Å². The largest absolute Gasteiger partial charge is 0.508 e. The van der Waals surface area contributed by atoms with E-state index in [0.29, 0.717) is 12.8 Å². The van der Waals surface area contributed by atoms with Crippen LogP contribution in [0.25, 0.3) is 0 Å². The van der Waals surface area contributed by atoms with E-state index in [-0.39, 0.29) is 37.1 Å². The number of carbonyl (C=O) groups is 2. The predicted molar refractivity (Wildman–Crippen MR) is 146 cm³/mol. The van der Waals surface area contributed by atoms with Gasteiger partial charge in [0.15, 0.2) is 0 Å². The smallest absolute Gasteiger partial charge is 0.243 e. The number of nitrogens with one attached hydrogen (secondary N) is 1. The number of fused-ring (bicyclic) bond motifs is 1. The lowest BCUT2D eigenvalue weighted by atomic mass is 9.91. The van der Waals surface area contributed by atoms with Crippen LogP contribution in [-0.2, 0) is 35.4 Å². The summed E-state index contributed by atoms with van der Waals surface area (Å²) in [5.74, 6) is -0.483. The molecule has 38 heavy (non-hydrogen) atoms. The average molecular weight is 515 g/mol. The maximum atomic E-state index is 13.7. The van der Waals surface area contributed by atoms with Gasteiger partial charge in [-0.1, -0.05) is 59.8 Å². The second-order valence-electron chi connectivity index (χ2n) is 10.0. The van der Waals surface area contributed by atoms with Crippen molar-refractivity contribution in [2.75, 3.05) is 6.54 Å². The number of amides is 2. The lowest BCUT2D eigenvalue weighted by Gasteiger charge is -2.37. The molecule has 0 spiro atoms. The lowest BCUT2D eigenvalue weighted by molar-refractivity contribution is -0.142. The van der Waals surface area contributed by atoms with Crippen molar-refractivity contribution in [1.29, 1.82) is 0 Å². The molecule has 0 aromatic heterocycles. The standard InChI is InChI=1S/C30H34N4O4/c1-19-12-25(35)13-20(2)26(19)16-27(31)30(37)34-18-23-11-7-6-10-22(23)15-28(34)29(36)32-17-24(33-38)14-21-8-4-3-5-9-21/h3-13,24,27-28,35H,14-18,31H2,1-2H3,(H,32,36)/t24-,27?,28-/m0/s1. The van der Waals surface area contributed by atoms with Gasteiger partial charge in [-0.05, 0) is 72.2 Å². The Morgan fingerprint density at radius 1 is 1.03 bits per heavy atom. The molecule has 1 heterocycles. The van der Waals surface area contributed by atoms with E-state index < -0.39 is 18.1 Å². The van der Waals surface area contributed by atoms with E-state index in [4.69, 9.17) is 5.73 Å². The highest BCUT2D eigenvalue weighted by Gasteiger charge is 2.37. The molecule has 4 N–H and O–H groups in total. The SMILES string of the molecule is Cc1cc(O)cc(C)c1CC(N)C(=O)N1Cc2ccccc2C[C@H]1C(=O)NC[C@H](Cc1ccccc1)N=O. The first-order valence-electron chi connectivity index (χ1n) is 12.8. The van der Waals surface area contributed by atoms with Gasteiger partial charge in [0, 0.05) is 19.5 Å². The molecule has 3 atom stereocenters. The number of phenols is 1. The number of benzene rings is 3. The molecule has 0 fully saturated rings. The van der Waals surface area contributed by atoms with E-state index in [9.17, 15) is 19.6 Å². The van der Waals surface area contributed by atoms with Gasteiger partial charge in [-0.2, -0.15) is 4.91 Å². The molecule has 0 aliphatic carbocycles. The van der Waals surface area contributed by atoms with Crippen molar-refractivity contribution < 1.29 is 14.7 Å².